The number of hydrogen-bond donors (Lipinski definition) is 1. The second-order valence-electron chi connectivity index (χ2n) is 9.93. The molecule has 2 amide bonds. The molecule has 0 aliphatic carbocycles. The second-order valence-corrected chi connectivity index (χ2v) is 10.9. The number of benzene rings is 4. The summed E-state index contributed by atoms with van der Waals surface area (Å²) in [4.78, 5) is 29.6. The molecule has 41 heavy (non-hydrogen) atoms. The van der Waals surface area contributed by atoms with Crippen molar-refractivity contribution in [1.29, 1.82) is 0 Å². The van der Waals surface area contributed by atoms with Crippen LogP contribution in [0.25, 0.3) is 22.2 Å². The average molecular weight is 564 g/mol. The van der Waals surface area contributed by atoms with E-state index in [-0.39, 0.29) is 17.6 Å². The first-order chi connectivity index (χ1) is 20.0. The van der Waals surface area contributed by atoms with Gasteiger partial charge in [0.25, 0.3) is 11.1 Å². The zero-order valence-corrected chi connectivity index (χ0v) is 23.4. The molecule has 1 N–H and O–H groups in total. The average Bonchev–Trinajstić information content (AvgIpc) is 3.49. The van der Waals surface area contributed by atoms with E-state index in [0.717, 1.165) is 51.9 Å². The number of anilines is 2. The number of amides is 2. The molecule has 1 saturated heterocycles. The summed E-state index contributed by atoms with van der Waals surface area (Å²) in [5, 5.41) is 13.7. The van der Waals surface area contributed by atoms with Crippen molar-refractivity contribution in [2.75, 3.05) is 42.1 Å². The molecule has 4 aromatic carbocycles. The predicted octanol–water partition coefficient (Wildman–Crippen LogP) is 5.89. The number of carbonyl (C=O) groups is 2. The van der Waals surface area contributed by atoms with Crippen LogP contribution in [0.1, 0.15) is 15.9 Å². The summed E-state index contributed by atoms with van der Waals surface area (Å²) in [6.07, 6.45) is 0. The molecule has 8 nitrogen and oxygen atoms in total. The maximum absolute atomic E-state index is 12.9. The van der Waals surface area contributed by atoms with Crippen molar-refractivity contribution in [3.05, 3.63) is 102 Å². The Bertz CT molecular complexity index is 1690. The van der Waals surface area contributed by atoms with Crippen LogP contribution in [0.4, 0.5) is 11.4 Å². The van der Waals surface area contributed by atoms with Gasteiger partial charge >= 0.3 is 0 Å². The van der Waals surface area contributed by atoms with Gasteiger partial charge in [-0.15, -0.1) is 10.2 Å². The molecular weight excluding hydrogens is 534 g/mol. The smallest absolute Gasteiger partial charge is 0.277 e. The number of nitrogens with zero attached hydrogens (tertiary/aromatic N) is 4. The molecule has 1 fully saturated rings. The zero-order chi connectivity index (χ0) is 28.2. The maximum atomic E-state index is 12.9. The largest absolute Gasteiger partial charge is 0.411 e. The molecule has 0 saturated carbocycles. The van der Waals surface area contributed by atoms with Gasteiger partial charge in [-0.2, -0.15) is 0 Å². The normalized spacial score (nSPS) is 13.4. The molecule has 1 aromatic heterocycles. The number of aromatic nitrogens is 2. The lowest BCUT2D eigenvalue weighted by Gasteiger charge is -2.36. The van der Waals surface area contributed by atoms with Crippen LogP contribution in [0.15, 0.2) is 101 Å². The molecule has 1 aliphatic heterocycles. The Morgan fingerprint density at radius 3 is 2.44 bits per heavy atom. The third-order valence-electron chi connectivity index (χ3n) is 7.10. The summed E-state index contributed by atoms with van der Waals surface area (Å²) >= 11 is 1.20. The minimum Gasteiger partial charge on any atom is -0.411 e. The van der Waals surface area contributed by atoms with E-state index < -0.39 is 0 Å². The summed E-state index contributed by atoms with van der Waals surface area (Å²) in [6, 6.07) is 29.5. The molecule has 1 aliphatic rings. The molecule has 0 atom stereocenters. The highest BCUT2D eigenvalue weighted by atomic mass is 32.2. The highest BCUT2D eigenvalue weighted by molar-refractivity contribution is 7.99. The molecular formula is C32H29N5O3S. The van der Waals surface area contributed by atoms with Crippen molar-refractivity contribution >= 4 is 45.7 Å². The molecule has 0 bridgehead atoms. The highest BCUT2D eigenvalue weighted by Crippen LogP contribution is 2.29. The van der Waals surface area contributed by atoms with Crippen molar-refractivity contribution in [1.82, 2.24) is 15.1 Å². The molecule has 206 valence electrons. The minimum absolute atomic E-state index is 0.0783. The lowest BCUT2D eigenvalue weighted by Crippen LogP contribution is -2.48. The molecule has 2 heterocycles. The van der Waals surface area contributed by atoms with Gasteiger partial charge in [0.15, 0.2) is 0 Å². The first-order valence-corrected chi connectivity index (χ1v) is 14.5. The van der Waals surface area contributed by atoms with E-state index in [1.54, 1.807) is 0 Å². The summed E-state index contributed by atoms with van der Waals surface area (Å²) in [6.45, 7) is 4.84. The first kappa shape index (κ1) is 26.6. The zero-order valence-electron chi connectivity index (χ0n) is 22.6. The van der Waals surface area contributed by atoms with Crippen molar-refractivity contribution in [2.45, 2.75) is 12.1 Å². The molecule has 5 aromatic rings. The Morgan fingerprint density at radius 2 is 1.63 bits per heavy atom. The molecule has 0 spiro atoms. The fourth-order valence-electron chi connectivity index (χ4n) is 5.00. The summed E-state index contributed by atoms with van der Waals surface area (Å²) < 4.78 is 5.84. The summed E-state index contributed by atoms with van der Waals surface area (Å²) in [5.41, 5.74) is 4.47. The number of rotatable bonds is 7. The number of nitrogens with one attached hydrogen (secondary N) is 1. The maximum Gasteiger partial charge on any atom is 0.277 e. The van der Waals surface area contributed by atoms with Crippen molar-refractivity contribution in [3.63, 3.8) is 0 Å². The first-order valence-electron chi connectivity index (χ1n) is 13.5. The van der Waals surface area contributed by atoms with Crippen LogP contribution in [-0.4, -0.2) is 58.8 Å². The monoisotopic (exact) mass is 563 g/mol. The third-order valence-corrected chi connectivity index (χ3v) is 7.92. The van der Waals surface area contributed by atoms with Gasteiger partial charge < -0.3 is 19.5 Å². The van der Waals surface area contributed by atoms with E-state index >= 15 is 0 Å². The van der Waals surface area contributed by atoms with Gasteiger partial charge in [0, 0.05) is 48.7 Å². The van der Waals surface area contributed by atoms with Gasteiger partial charge in [0.1, 0.15) is 0 Å². The topological polar surface area (TPSA) is 91.6 Å². The van der Waals surface area contributed by atoms with Crippen LogP contribution in [0, 0.1) is 6.92 Å². The molecule has 9 heteroatoms. The fourth-order valence-corrected chi connectivity index (χ4v) is 5.56. The van der Waals surface area contributed by atoms with Crippen LogP contribution in [0.3, 0.4) is 0 Å². The van der Waals surface area contributed by atoms with Crippen molar-refractivity contribution in [2.24, 2.45) is 0 Å². The lowest BCUT2D eigenvalue weighted by molar-refractivity contribution is -0.113. The van der Waals surface area contributed by atoms with Gasteiger partial charge in [0.05, 0.1) is 5.75 Å². The number of fused-ring (bicyclic) bond motifs is 1. The van der Waals surface area contributed by atoms with Crippen LogP contribution < -0.4 is 10.2 Å². The van der Waals surface area contributed by atoms with Crippen molar-refractivity contribution < 1.29 is 14.0 Å². The quantitative estimate of drug-likeness (QED) is 0.247. The lowest BCUT2D eigenvalue weighted by atomic mass is 10.0. The van der Waals surface area contributed by atoms with Crippen LogP contribution in [0.2, 0.25) is 0 Å². The minimum atomic E-state index is -0.157. The Morgan fingerprint density at radius 1 is 0.878 bits per heavy atom. The number of piperazine rings is 1. The Hall–Kier alpha value is -4.63. The van der Waals surface area contributed by atoms with Gasteiger partial charge in [-0.05, 0) is 60.2 Å². The number of aryl methyl sites for hydroxylation is 1. The highest BCUT2D eigenvalue weighted by Gasteiger charge is 2.22. The van der Waals surface area contributed by atoms with E-state index in [9.17, 15) is 9.59 Å². The van der Waals surface area contributed by atoms with Gasteiger partial charge in [-0.3, -0.25) is 9.59 Å². The Labute approximate surface area is 242 Å². The number of carbonyl (C=O) groups excluding carboxylic acids is 2. The number of thioether (sulfide) groups is 1. The Kier molecular flexibility index (Phi) is 7.69. The third kappa shape index (κ3) is 6.10. The summed E-state index contributed by atoms with van der Waals surface area (Å²) in [7, 11) is 0. The molecule has 0 unspecified atom stereocenters. The van der Waals surface area contributed by atoms with Crippen molar-refractivity contribution in [3.8, 4) is 11.5 Å². The van der Waals surface area contributed by atoms with Crippen LogP contribution in [0.5, 0.6) is 0 Å². The van der Waals surface area contributed by atoms with Crippen LogP contribution in [-0.2, 0) is 4.79 Å². The predicted molar refractivity (Wildman–Crippen MR) is 162 cm³/mol. The fraction of sp³-hybridized carbons (Fsp3) is 0.188. The van der Waals surface area contributed by atoms with Crippen LogP contribution >= 0.6 is 11.8 Å². The van der Waals surface area contributed by atoms with E-state index in [0.29, 0.717) is 24.2 Å². The standard InChI is InChI=1S/C32H29N5O3S/c1-22-6-4-9-24(20-22)31(39)37-18-16-36(17-19-37)26-14-12-25(13-15-26)33-29(38)21-41-32-35-34-30(40-32)28-11-5-8-23-7-2-3-10-27(23)28/h2-15,20H,16-19,21H2,1H3,(H,33,38). The van der Waals surface area contributed by atoms with E-state index in [4.69, 9.17) is 4.42 Å². The van der Waals surface area contributed by atoms with E-state index in [2.05, 4.69) is 20.4 Å². The van der Waals surface area contributed by atoms with E-state index in [1.807, 2.05) is 103 Å². The second kappa shape index (κ2) is 11.9. The number of hydrogen-bond acceptors (Lipinski definition) is 7. The summed E-state index contributed by atoms with van der Waals surface area (Å²) in [5.74, 6) is 0.502. The SMILES string of the molecule is Cc1cccc(C(=O)N2CCN(c3ccc(NC(=O)CSc4nnc(-c5cccc6ccccc56)o4)cc3)CC2)c1. The van der Waals surface area contributed by atoms with E-state index in [1.165, 1.54) is 11.8 Å². The Balaban J connectivity index is 0.994. The van der Waals surface area contributed by atoms with Gasteiger partial charge in [0.2, 0.25) is 11.8 Å². The molecule has 0 radical (unpaired) electrons. The van der Waals surface area contributed by atoms with Gasteiger partial charge in [-0.25, -0.2) is 0 Å². The van der Waals surface area contributed by atoms with Gasteiger partial charge in [-0.1, -0.05) is 65.9 Å². The molecule has 6 rings (SSSR count).